The number of para-hydroxylation sites is 1. The molecular formula is C10H11BrN2O. The molecule has 0 saturated heterocycles. The van der Waals surface area contributed by atoms with Crippen molar-refractivity contribution < 1.29 is 0 Å². The highest BCUT2D eigenvalue weighted by atomic mass is 79.9. The maximum absolute atomic E-state index is 11.6. The minimum absolute atomic E-state index is 0.0324. The van der Waals surface area contributed by atoms with Crippen molar-refractivity contribution in [1.82, 2.24) is 9.78 Å². The van der Waals surface area contributed by atoms with Gasteiger partial charge in [-0.2, -0.15) is 0 Å². The number of nitrogens with one attached hydrogen (secondary N) is 1. The van der Waals surface area contributed by atoms with E-state index in [0.717, 1.165) is 15.4 Å². The van der Waals surface area contributed by atoms with Crippen LogP contribution in [0.3, 0.4) is 0 Å². The van der Waals surface area contributed by atoms with E-state index in [1.54, 1.807) is 0 Å². The maximum Gasteiger partial charge on any atom is 0.272 e. The molecule has 1 aromatic heterocycles. The van der Waals surface area contributed by atoms with Crippen molar-refractivity contribution >= 4 is 26.8 Å². The molecule has 0 aliphatic carbocycles. The molecule has 2 aromatic rings. The van der Waals surface area contributed by atoms with E-state index < -0.39 is 0 Å². The standard InChI is InChI=1S/C10H11BrN2O/c1-6(2)13-9-7(10(14)12-13)4-3-5-8(9)11/h3-6H,1-2H3,(H,12,14). The van der Waals surface area contributed by atoms with Crippen LogP contribution in [0.15, 0.2) is 27.5 Å². The van der Waals surface area contributed by atoms with Crippen LogP contribution in [0.5, 0.6) is 0 Å². The predicted octanol–water partition coefficient (Wildman–Crippen LogP) is 2.67. The summed E-state index contributed by atoms with van der Waals surface area (Å²) in [6.45, 7) is 4.07. The molecule has 0 bridgehead atoms. The molecule has 1 heterocycles. The van der Waals surface area contributed by atoms with Crippen LogP contribution in [0, 0.1) is 0 Å². The number of H-pyrrole nitrogens is 1. The summed E-state index contributed by atoms with van der Waals surface area (Å²) in [7, 11) is 0. The zero-order valence-corrected chi connectivity index (χ0v) is 9.63. The SMILES string of the molecule is CC(C)n1[nH]c(=O)c2cccc(Br)c21. The highest BCUT2D eigenvalue weighted by Crippen LogP contribution is 2.23. The van der Waals surface area contributed by atoms with Crippen molar-refractivity contribution in [2.45, 2.75) is 19.9 Å². The molecule has 0 unspecified atom stereocenters. The Hall–Kier alpha value is -1.03. The van der Waals surface area contributed by atoms with Crippen LogP contribution in [0.2, 0.25) is 0 Å². The summed E-state index contributed by atoms with van der Waals surface area (Å²) in [4.78, 5) is 11.6. The van der Waals surface area contributed by atoms with Crippen LogP contribution in [0.1, 0.15) is 19.9 Å². The fourth-order valence-corrected chi connectivity index (χ4v) is 2.11. The highest BCUT2D eigenvalue weighted by Gasteiger charge is 2.10. The van der Waals surface area contributed by atoms with Gasteiger partial charge in [0.05, 0.1) is 10.9 Å². The second kappa shape index (κ2) is 3.28. The van der Waals surface area contributed by atoms with Gasteiger partial charge in [0, 0.05) is 10.5 Å². The molecule has 1 N–H and O–H groups in total. The molecule has 0 radical (unpaired) electrons. The molecule has 1 aromatic carbocycles. The highest BCUT2D eigenvalue weighted by molar-refractivity contribution is 9.10. The van der Waals surface area contributed by atoms with E-state index in [1.165, 1.54) is 0 Å². The number of aromatic nitrogens is 2. The number of nitrogens with zero attached hydrogens (tertiary/aromatic N) is 1. The molecule has 2 rings (SSSR count). The lowest BCUT2D eigenvalue weighted by Crippen LogP contribution is -2.07. The molecule has 0 spiro atoms. The number of aromatic amines is 1. The van der Waals surface area contributed by atoms with Gasteiger partial charge < -0.3 is 0 Å². The van der Waals surface area contributed by atoms with Gasteiger partial charge in [0.15, 0.2) is 0 Å². The Bertz CT molecular complexity index is 524. The molecule has 0 atom stereocenters. The third-order valence-corrected chi connectivity index (χ3v) is 2.85. The van der Waals surface area contributed by atoms with E-state index in [4.69, 9.17) is 0 Å². The van der Waals surface area contributed by atoms with Crippen molar-refractivity contribution in [2.75, 3.05) is 0 Å². The summed E-state index contributed by atoms with van der Waals surface area (Å²) >= 11 is 3.45. The van der Waals surface area contributed by atoms with Gasteiger partial charge in [-0.25, -0.2) is 0 Å². The van der Waals surface area contributed by atoms with Gasteiger partial charge in [0.1, 0.15) is 0 Å². The second-order valence-corrected chi connectivity index (χ2v) is 4.40. The Kier molecular flexibility index (Phi) is 2.23. The lowest BCUT2D eigenvalue weighted by Gasteiger charge is -2.08. The fraction of sp³-hybridized carbons (Fsp3) is 0.300. The van der Waals surface area contributed by atoms with Crippen molar-refractivity contribution in [3.8, 4) is 0 Å². The van der Waals surface area contributed by atoms with Crippen LogP contribution in [-0.2, 0) is 0 Å². The first-order valence-electron chi connectivity index (χ1n) is 4.50. The van der Waals surface area contributed by atoms with Crippen LogP contribution in [0.4, 0.5) is 0 Å². The first-order chi connectivity index (χ1) is 6.61. The first-order valence-corrected chi connectivity index (χ1v) is 5.29. The molecule has 0 fully saturated rings. The Morgan fingerprint density at radius 3 is 2.79 bits per heavy atom. The van der Waals surface area contributed by atoms with Gasteiger partial charge >= 0.3 is 0 Å². The summed E-state index contributed by atoms with van der Waals surface area (Å²) < 4.78 is 2.82. The molecule has 0 amide bonds. The van der Waals surface area contributed by atoms with Crippen molar-refractivity contribution in [2.24, 2.45) is 0 Å². The van der Waals surface area contributed by atoms with Gasteiger partial charge in [-0.1, -0.05) is 6.07 Å². The van der Waals surface area contributed by atoms with Gasteiger partial charge in [-0.3, -0.25) is 14.6 Å². The molecule has 3 nitrogen and oxygen atoms in total. The minimum atomic E-state index is -0.0324. The largest absolute Gasteiger partial charge is 0.281 e. The topological polar surface area (TPSA) is 37.8 Å². The van der Waals surface area contributed by atoms with Crippen LogP contribution in [0.25, 0.3) is 10.9 Å². The number of benzene rings is 1. The van der Waals surface area contributed by atoms with E-state index in [9.17, 15) is 4.79 Å². The van der Waals surface area contributed by atoms with E-state index in [2.05, 4.69) is 21.0 Å². The van der Waals surface area contributed by atoms with Gasteiger partial charge in [-0.15, -0.1) is 0 Å². The van der Waals surface area contributed by atoms with Crippen molar-refractivity contribution in [3.05, 3.63) is 33.0 Å². The molecule has 0 saturated carbocycles. The van der Waals surface area contributed by atoms with E-state index in [1.807, 2.05) is 36.7 Å². The average molecular weight is 255 g/mol. The summed E-state index contributed by atoms with van der Waals surface area (Å²) in [6.07, 6.45) is 0. The third kappa shape index (κ3) is 1.30. The number of hydrogen-bond acceptors (Lipinski definition) is 1. The summed E-state index contributed by atoms with van der Waals surface area (Å²) in [6, 6.07) is 5.89. The average Bonchev–Trinajstić information content (AvgIpc) is 2.46. The van der Waals surface area contributed by atoms with Crippen molar-refractivity contribution in [3.63, 3.8) is 0 Å². The molecule has 0 aliphatic heterocycles. The lowest BCUT2D eigenvalue weighted by atomic mass is 10.2. The van der Waals surface area contributed by atoms with E-state index >= 15 is 0 Å². The normalized spacial score (nSPS) is 11.4. The number of rotatable bonds is 1. The van der Waals surface area contributed by atoms with E-state index in [0.29, 0.717) is 0 Å². The Labute approximate surface area is 89.8 Å². The van der Waals surface area contributed by atoms with Gasteiger partial charge in [-0.05, 0) is 41.9 Å². The van der Waals surface area contributed by atoms with Gasteiger partial charge in [0.25, 0.3) is 5.56 Å². The molecule has 0 aliphatic rings. The minimum Gasteiger partial charge on any atom is -0.281 e. The van der Waals surface area contributed by atoms with Crippen LogP contribution >= 0.6 is 15.9 Å². The summed E-state index contributed by atoms with van der Waals surface area (Å²) in [5.41, 5.74) is 0.905. The van der Waals surface area contributed by atoms with Crippen molar-refractivity contribution in [1.29, 1.82) is 0 Å². The number of hydrogen-bond donors (Lipinski definition) is 1. The molecular weight excluding hydrogens is 244 g/mol. The molecule has 74 valence electrons. The molecule has 4 heteroatoms. The second-order valence-electron chi connectivity index (χ2n) is 3.54. The smallest absolute Gasteiger partial charge is 0.272 e. The fourth-order valence-electron chi connectivity index (χ4n) is 1.56. The number of halogens is 1. The van der Waals surface area contributed by atoms with Crippen LogP contribution < -0.4 is 5.56 Å². The first kappa shape index (κ1) is 9.52. The quantitative estimate of drug-likeness (QED) is 0.835. The zero-order valence-electron chi connectivity index (χ0n) is 8.04. The summed E-state index contributed by atoms with van der Waals surface area (Å²) in [5, 5.41) is 3.55. The Morgan fingerprint density at radius 1 is 1.43 bits per heavy atom. The third-order valence-electron chi connectivity index (χ3n) is 2.21. The predicted molar refractivity (Wildman–Crippen MR) is 60.6 cm³/mol. The Morgan fingerprint density at radius 2 is 2.14 bits per heavy atom. The monoisotopic (exact) mass is 254 g/mol. The lowest BCUT2D eigenvalue weighted by molar-refractivity contribution is 0.546. The number of fused-ring (bicyclic) bond motifs is 1. The zero-order chi connectivity index (χ0) is 10.3. The molecule has 14 heavy (non-hydrogen) atoms. The van der Waals surface area contributed by atoms with E-state index in [-0.39, 0.29) is 11.6 Å². The van der Waals surface area contributed by atoms with Crippen LogP contribution in [-0.4, -0.2) is 9.78 Å². The maximum atomic E-state index is 11.6. The summed E-state index contributed by atoms with van der Waals surface area (Å²) in [5.74, 6) is 0. The van der Waals surface area contributed by atoms with Gasteiger partial charge in [0.2, 0.25) is 0 Å². The Balaban J connectivity index is 2.93.